The highest BCUT2D eigenvalue weighted by atomic mass is 19.2. The van der Waals surface area contributed by atoms with Crippen LogP contribution >= 0.6 is 0 Å². The summed E-state index contributed by atoms with van der Waals surface area (Å²) in [6, 6.07) is 3.95. The van der Waals surface area contributed by atoms with Crippen molar-refractivity contribution in [1.82, 2.24) is 10.6 Å². The van der Waals surface area contributed by atoms with Gasteiger partial charge >= 0.3 is 0 Å². The molecule has 1 fully saturated rings. The molecule has 3 nitrogen and oxygen atoms in total. The molecule has 18 heavy (non-hydrogen) atoms. The lowest BCUT2D eigenvalue weighted by Gasteiger charge is -2.28. The molecule has 2 unspecified atom stereocenters. The summed E-state index contributed by atoms with van der Waals surface area (Å²) in [6.07, 6.45) is 1.59. The van der Waals surface area contributed by atoms with E-state index in [2.05, 4.69) is 10.6 Å². The average molecular weight is 254 g/mol. The molecular weight excluding hydrogens is 238 g/mol. The first kappa shape index (κ1) is 13.0. The van der Waals surface area contributed by atoms with E-state index in [1.165, 1.54) is 12.1 Å². The third-order valence-electron chi connectivity index (χ3n) is 3.16. The zero-order valence-electron chi connectivity index (χ0n) is 10.2. The van der Waals surface area contributed by atoms with Crippen LogP contribution in [0.3, 0.4) is 0 Å². The van der Waals surface area contributed by atoms with E-state index >= 15 is 0 Å². The van der Waals surface area contributed by atoms with Gasteiger partial charge in [0.05, 0.1) is 5.56 Å². The fourth-order valence-electron chi connectivity index (χ4n) is 2.21. The van der Waals surface area contributed by atoms with E-state index < -0.39 is 17.5 Å². The Bertz CT molecular complexity index is 451. The van der Waals surface area contributed by atoms with Crippen molar-refractivity contribution in [3.8, 4) is 0 Å². The molecular formula is C13H16F2N2O. The fourth-order valence-corrected chi connectivity index (χ4v) is 2.21. The number of nitrogens with one attached hydrogen (secondary N) is 2. The molecule has 98 valence electrons. The topological polar surface area (TPSA) is 41.1 Å². The molecule has 0 aliphatic carbocycles. The van der Waals surface area contributed by atoms with Crippen LogP contribution in [0.25, 0.3) is 0 Å². The Morgan fingerprint density at radius 2 is 2.22 bits per heavy atom. The van der Waals surface area contributed by atoms with Crippen LogP contribution < -0.4 is 10.6 Å². The second kappa shape index (κ2) is 5.44. The van der Waals surface area contributed by atoms with E-state index in [1.54, 1.807) is 0 Å². The standard InChI is InChI=1S/C13H16F2N2O/c1-8-7-9(5-6-16-8)17-13(18)10-3-2-4-11(14)12(10)15/h2-4,8-9,16H,5-7H2,1H3,(H,17,18). The van der Waals surface area contributed by atoms with E-state index in [9.17, 15) is 13.6 Å². The number of carbonyl (C=O) groups excluding carboxylic acids is 1. The van der Waals surface area contributed by atoms with Crippen molar-refractivity contribution in [2.75, 3.05) is 6.54 Å². The number of piperidine rings is 1. The van der Waals surface area contributed by atoms with Gasteiger partial charge in [-0.3, -0.25) is 4.79 Å². The third-order valence-corrected chi connectivity index (χ3v) is 3.16. The second-order valence-electron chi connectivity index (χ2n) is 4.65. The minimum Gasteiger partial charge on any atom is -0.349 e. The molecule has 2 N–H and O–H groups in total. The summed E-state index contributed by atoms with van der Waals surface area (Å²) in [6.45, 7) is 2.85. The van der Waals surface area contributed by atoms with Crippen LogP contribution in [-0.4, -0.2) is 24.5 Å². The molecule has 1 aromatic rings. The van der Waals surface area contributed by atoms with Gasteiger partial charge in [0.1, 0.15) is 0 Å². The summed E-state index contributed by atoms with van der Waals surface area (Å²) in [4.78, 5) is 11.9. The Morgan fingerprint density at radius 1 is 1.44 bits per heavy atom. The molecule has 1 aromatic carbocycles. The molecule has 1 aliphatic rings. The Kier molecular flexibility index (Phi) is 3.91. The molecule has 0 bridgehead atoms. The molecule has 0 saturated carbocycles. The lowest BCUT2D eigenvalue weighted by atomic mass is 10.00. The Balaban J connectivity index is 2.05. The molecule has 5 heteroatoms. The van der Waals surface area contributed by atoms with Crippen LogP contribution in [0.5, 0.6) is 0 Å². The number of benzene rings is 1. The maximum atomic E-state index is 13.4. The molecule has 1 amide bonds. The Morgan fingerprint density at radius 3 is 2.94 bits per heavy atom. The highest BCUT2D eigenvalue weighted by Gasteiger charge is 2.22. The van der Waals surface area contributed by atoms with Gasteiger partial charge in [0, 0.05) is 12.1 Å². The average Bonchev–Trinajstić information content (AvgIpc) is 2.32. The van der Waals surface area contributed by atoms with E-state index in [1.807, 2.05) is 6.92 Å². The highest BCUT2D eigenvalue weighted by Crippen LogP contribution is 2.13. The number of hydrogen-bond donors (Lipinski definition) is 2. The van der Waals surface area contributed by atoms with Crippen LogP contribution in [0.1, 0.15) is 30.1 Å². The van der Waals surface area contributed by atoms with Crippen LogP contribution in [0.15, 0.2) is 18.2 Å². The number of halogens is 2. The first-order chi connectivity index (χ1) is 8.58. The molecule has 0 spiro atoms. The largest absolute Gasteiger partial charge is 0.349 e. The van der Waals surface area contributed by atoms with Crippen LogP contribution in [0.2, 0.25) is 0 Å². The van der Waals surface area contributed by atoms with Crippen molar-refractivity contribution in [2.45, 2.75) is 31.8 Å². The first-order valence-electron chi connectivity index (χ1n) is 6.06. The van der Waals surface area contributed by atoms with Gasteiger partial charge in [0.2, 0.25) is 0 Å². The van der Waals surface area contributed by atoms with Crippen molar-refractivity contribution in [3.63, 3.8) is 0 Å². The number of carbonyl (C=O) groups is 1. The summed E-state index contributed by atoms with van der Waals surface area (Å²) in [7, 11) is 0. The Labute approximate surface area is 105 Å². The SMILES string of the molecule is CC1CC(NC(=O)c2cccc(F)c2F)CCN1. The molecule has 2 atom stereocenters. The summed E-state index contributed by atoms with van der Waals surface area (Å²) < 4.78 is 26.4. The molecule has 1 heterocycles. The van der Waals surface area contributed by atoms with Crippen LogP contribution in [0.4, 0.5) is 8.78 Å². The predicted octanol–water partition coefficient (Wildman–Crippen LogP) is 1.84. The molecule has 2 rings (SSSR count). The van der Waals surface area contributed by atoms with Crippen molar-refractivity contribution in [1.29, 1.82) is 0 Å². The first-order valence-corrected chi connectivity index (χ1v) is 6.06. The van der Waals surface area contributed by atoms with Crippen molar-refractivity contribution < 1.29 is 13.6 Å². The van der Waals surface area contributed by atoms with E-state index in [-0.39, 0.29) is 11.6 Å². The summed E-state index contributed by atoms with van der Waals surface area (Å²) in [5, 5.41) is 6.01. The molecule has 0 aromatic heterocycles. The summed E-state index contributed by atoms with van der Waals surface area (Å²) >= 11 is 0. The lowest BCUT2D eigenvalue weighted by molar-refractivity contribution is 0.0920. The molecule has 1 aliphatic heterocycles. The van der Waals surface area contributed by atoms with Gasteiger partial charge in [-0.25, -0.2) is 8.78 Å². The maximum absolute atomic E-state index is 13.4. The summed E-state index contributed by atoms with van der Waals surface area (Å²) in [5.41, 5.74) is -0.235. The zero-order chi connectivity index (χ0) is 13.1. The van der Waals surface area contributed by atoms with Crippen molar-refractivity contribution >= 4 is 5.91 Å². The summed E-state index contributed by atoms with van der Waals surface area (Å²) in [5.74, 6) is -2.63. The third kappa shape index (κ3) is 2.85. The quantitative estimate of drug-likeness (QED) is 0.845. The Hall–Kier alpha value is -1.49. The van der Waals surface area contributed by atoms with Gasteiger partial charge in [-0.1, -0.05) is 6.07 Å². The molecule has 1 saturated heterocycles. The van der Waals surface area contributed by atoms with Crippen LogP contribution in [-0.2, 0) is 0 Å². The van der Waals surface area contributed by atoms with Gasteiger partial charge < -0.3 is 10.6 Å². The van der Waals surface area contributed by atoms with Crippen molar-refractivity contribution in [2.24, 2.45) is 0 Å². The second-order valence-corrected chi connectivity index (χ2v) is 4.65. The van der Waals surface area contributed by atoms with E-state index in [0.717, 1.165) is 25.5 Å². The van der Waals surface area contributed by atoms with Crippen LogP contribution in [0, 0.1) is 11.6 Å². The van der Waals surface area contributed by atoms with E-state index in [4.69, 9.17) is 0 Å². The van der Waals surface area contributed by atoms with Gasteiger partial charge in [0.15, 0.2) is 11.6 Å². The van der Waals surface area contributed by atoms with Gasteiger partial charge in [0.25, 0.3) is 5.91 Å². The minimum atomic E-state index is -1.09. The van der Waals surface area contributed by atoms with Crippen molar-refractivity contribution in [3.05, 3.63) is 35.4 Å². The normalized spacial score (nSPS) is 23.7. The minimum absolute atomic E-state index is 0.0106. The van der Waals surface area contributed by atoms with E-state index in [0.29, 0.717) is 6.04 Å². The van der Waals surface area contributed by atoms with Gasteiger partial charge in [-0.05, 0) is 38.4 Å². The van der Waals surface area contributed by atoms with Gasteiger partial charge in [-0.15, -0.1) is 0 Å². The predicted molar refractivity (Wildman–Crippen MR) is 64.3 cm³/mol. The highest BCUT2D eigenvalue weighted by molar-refractivity contribution is 5.94. The fraction of sp³-hybridized carbons (Fsp3) is 0.462. The number of amides is 1. The zero-order valence-corrected chi connectivity index (χ0v) is 10.2. The molecule has 0 radical (unpaired) electrons. The monoisotopic (exact) mass is 254 g/mol. The number of hydrogen-bond acceptors (Lipinski definition) is 2. The lowest BCUT2D eigenvalue weighted by Crippen LogP contribution is -2.46. The van der Waals surface area contributed by atoms with Gasteiger partial charge in [-0.2, -0.15) is 0 Å². The number of rotatable bonds is 2. The smallest absolute Gasteiger partial charge is 0.254 e. The maximum Gasteiger partial charge on any atom is 0.254 e.